The maximum atomic E-state index is 12.5. The summed E-state index contributed by atoms with van der Waals surface area (Å²) in [6.45, 7) is 1.19. The molecule has 132 valence electrons. The fourth-order valence-corrected chi connectivity index (χ4v) is 3.77. The van der Waals surface area contributed by atoms with Crippen molar-refractivity contribution in [2.24, 2.45) is 0 Å². The third-order valence-electron chi connectivity index (χ3n) is 5.13. The summed E-state index contributed by atoms with van der Waals surface area (Å²) in [5.41, 5.74) is -0.272. The lowest BCUT2D eigenvalue weighted by atomic mass is 9.97. The van der Waals surface area contributed by atoms with Crippen molar-refractivity contribution in [1.82, 2.24) is 20.2 Å². The zero-order valence-electron chi connectivity index (χ0n) is 14.0. The van der Waals surface area contributed by atoms with E-state index in [0.717, 1.165) is 19.3 Å². The predicted octanol–water partition coefficient (Wildman–Crippen LogP) is 1.67. The summed E-state index contributed by atoms with van der Waals surface area (Å²) >= 11 is 0. The second kappa shape index (κ2) is 7.68. The monoisotopic (exact) mass is 334 g/mol. The first-order valence-corrected chi connectivity index (χ1v) is 9.01. The summed E-state index contributed by atoms with van der Waals surface area (Å²) in [7, 11) is 0. The highest BCUT2D eigenvalue weighted by Crippen LogP contribution is 2.25. The smallest absolute Gasteiger partial charge is 0.325 e. The number of urea groups is 1. The molecule has 2 aliphatic rings. The zero-order valence-corrected chi connectivity index (χ0v) is 14.0. The Hall–Kier alpha value is -2.05. The van der Waals surface area contributed by atoms with E-state index in [1.165, 1.54) is 38.2 Å². The van der Waals surface area contributed by atoms with E-state index in [0.29, 0.717) is 18.8 Å². The fraction of sp³-hybridized carbons (Fsp3) is 0.706. The van der Waals surface area contributed by atoms with Gasteiger partial charge in [0.1, 0.15) is 0 Å². The number of nitrogens with zero attached hydrogens (tertiary/aromatic N) is 1. The Bertz CT molecular complexity index is 645. The Kier molecular flexibility index (Phi) is 5.37. The lowest BCUT2D eigenvalue weighted by Gasteiger charge is -2.25. The van der Waals surface area contributed by atoms with Crippen LogP contribution in [0.15, 0.2) is 15.7 Å². The number of aromatic nitrogens is 2. The van der Waals surface area contributed by atoms with Gasteiger partial charge in [-0.2, -0.15) is 0 Å². The van der Waals surface area contributed by atoms with Crippen molar-refractivity contribution in [1.29, 1.82) is 0 Å². The molecule has 0 radical (unpaired) electrons. The molecule has 1 saturated heterocycles. The predicted molar refractivity (Wildman–Crippen MR) is 91.3 cm³/mol. The van der Waals surface area contributed by atoms with Crippen LogP contribution in [-0.4, -0.2) is 40.0 Å². The van der Waals surface area contributed by atoms with Crippen LogP contribution >= 0.6 is 0 Å². The minimum Gasteiger partial charge on any atom is -0.335 e. The molecule has 7 heteroatoms. The van der Waals surface area contributed by atoms with Crippen LogP contribution in [0.5, 0.6) is 0 Å². The molecule has 0 aromatic carbocycles. The highest BCUT2D eigenvalue weighted by Gasteiger charge is 2.29. The molecule has 1 unspecified atom stereocenters. The molecule has 1 atom stereocenters. The van der Waals surface area contributed by atoms with E-state index >= 15 is 0 Å². The van der Waals surface area contributed by atoms with Gasteiger partial charge in [0.15, 0.2) is 0 Å². The quantitative estimate of drug-likeness (QED) is 0.767. The Morgan fingerprint density at radius 3 is 2.46 bits per heavy atom. The first-order valence-electron chi connectivity index (χ1n) is 9.01. The zero-order chi connectivity index (χ0) is 16.9. The van der Waals surface area contributed by atoms with Crippen LogP contribution in [0.25, 0.3) is 0 Å². The van der Waals surface area contributed by atoms with Crippen molar-refractivity contribution >= 4 is 6.03 Å². The lowest BCUT2D eigenvalue weighted by Crippen LogP contribution is -2.44. The molecule has 1 aliphatic carbocycles. The number of rotatable bonds is 2. The number of amides is 2. The van der Waals surface area contributed by atoms with Gasteiger partial charge in [0.05, 0.1) is 0 Å². The molecule has 1 aliphatic heterocycles. The second-order valence-electron chi connectivity index (χ2n) is 6.97. The van der Waals surface area contributed by atoms with Crippen LogP contribution in [0.3, 0.4) is 0 Å². The van der Waals surface area contributed by atoms with E-state index in [-0.39, 0.29) is 18.0 Å². The third kappa shape index (κ3) is 4.27. The first kappa shape index (κ1) is 16.8. The van der Waals surface area contributed by atoms with Crippen molar-refractivity contribution in [2.75, 3.05) is 13.1 Å². The van der Waals surface area contributed by atoms with E-state index in [1.807, 2.05) is 0 Å². The normalized spacial score (nSPS) is 22.8. The number of carbonyl (C=O) groups is 1. The average Bonchev–Trinajstić information content (AvgIpc) is 2.99. The molecule has 3 rings (SSSR count). The minimum atomic E-state index is -0.491. The van der Waals surface area contributed by atoms with Crippen LogP contribution in [0.1, 0.15) is 63.0 Å². The standard InChI is InChI=1S/C17H26N4O3/c22-15-10-14(19-16(23)20-15)12-8-9-21(11-12)17(24)18-13-6-4-2-1-3-5-7-13/h10,12-13H,1-9,11H2,(H,18,24)(H2,19,20,22,23). The molecule has 2 fully saturated rings. The lowest BCUT2D eigenvalue weighted by molar-refractivity contribution is 0.201. The number of hydrogen-bond acceptors (Lipinski definition) is 3. The summed E-state index contributed by atoms with van der Waals surface area (Å²) in [4.78, 5) is 42.0. The van der Waals surface area contributed by atoms with E-state index in [1.54, 1.807) is 4.90 Å². The van der Waals surface area contributed by atoms with Gasteiger partial charge in [0.2, 0.25) is 0 Å². The van der Waals surface area contributed by atoms with Gasteiger partial charge in [-0.15, -0.1) is 0 Å². The van der Waals surface area contributed by atoms with Gasteiger partial charge in [0, 0.05) is 36.8 Å². The van der Waals surface area contributed by atoms with Crippen LogP contribution in [0.4, 0.5) is 4.79 Å². The summed E-state index contributed by atoms with van der Waals surface area (Å²) in [5, 5.41) is 3.17. The van der Waals surface area contributed by atoms with Crippen LogP contribution in [-0.2, 0) is 0 Å². The van der Waals surface area contributed by atoms with Gasteiger partial charge in [-0.05, 0) is 19.3 Å². The van der Waals surface area contributed by atoms with E-state index in [9.17, 15) is 14.4 Å². The Labute approximate surface area is 140 Å². The molecule has 0 spiro atoms. The van der Waals surface area contributed by atoms with Crippen molar-refractivity contribution in [3.05, 3.63) is 32.6 Å². The minimum absolute atomic E-state index is 0.0167. The van der Waals surface area contributed by atoms with Crippen molar-refractivity contribution in [3.63, 3.8) is 0 Å². The summed E-state index contributed by atoms with van der Waals surface area (Å²) in [6.07, 6.45) is 9.07. The van der Waals surface area contributed by atoms with Crippen LogP contribution in [0.2, 0.25) is 0 Å². The largest absolute Gasteiger partial charge is 0.335 e. The Balaban J connectivity index is 1.57. The molecule has 7 nitrogen and oxygen atoms in total. The SMILES string of the molecule is O=C(NC1CCCCCCC1)N1CCC(c2cc(=O)[nH]c(=O)[nH]2)C1. The third-order valence-corrected chi connectivity index (χ3v) is 5.13. The number of hydrogen-bond donors (Lipinski definition) is 3. The molecular weight excluding hydrogens is 308 g/mol. The number of H-pyrrole nitrogens is 2. The molecule has 2 heterocycles. The number of likely N-dealkylation sites (tertiary alicyclic amines) is 1. The van der Waals surface area contributed by atoms with Gasteiger partial charge in [-0.25, -0.2) is 9.59 Å². The molecule has 1 aromatic rings. The number of carbonyl (C=O) groups excluding carboxylic acids is 1. The summed E-state index contributed by atoms with van der Waals surface area (Å²) < 4.78 is 0. The van der Waals surface area contributed by atoms with Gasteiger partial charge < -0.3 is 15.2 Å². The van der Waals surface area contributed by atoms with Crippen molar-refractivity contribution in [3.8, 4) is 0 Å². The highest BCUT2D eigenvalue weighted by molar-refractivity contribution is 5.75. The summed E-state index contributed by atoms with van der Waals surface area (Å²) in [6, 6.07) is 1.67. The molecule has 3 N–H and O–H groups in total. The molecule has 2 amide bonds. The van der Waals surface area contributed by atoms with Crippen molar-refractivity contribution < 1.29 is 4.79 Å². The number of aromatic amines is 2. The molecular formula is C17H26N4O3. The van der Waals surface area contributed by atoms with Gasteiger partial charge in [-0.3, -0.25) is 9.78 Å². The molecule has 1 saturated carbocycles. The highest BCUT2D eigenvalue weighted by atomic mass is 16.2. The Morgan fingerprint density at radius 1 is 1.04 bits per heavy atom. The second-order valence-corrected chi connectivity index (χ2v) is 6.97. The topological polar surface area (TPSA) is 98.1 Å². The van der Waals surface area contributed by atoms with Gasteiger partial charge in [0.25, 0.3) is 5.56 Å². The van der Waals surface area contributed by atoms with Gasteiger partial charge in [-0.1, -0.05) is 32.1 Å². The van der Waals surface area contributed by atoms with E-state index in [4.69, 9.17) is 0 Å². The number of nitrogens with one attached hydrogen (secondary N) is 3. The Morgan fingerprint density at radius 2 is 1.75 bits per heavy atom. The maximum absolute atomic E-state index is 12.5. The average molecular weight is 334 g/mol. The molecule has 1 aromatic heterocycles. The van der Waals surface area contributed by atoms with Crippen LogP contribution < -0.4 is 16.6 Å². The molecule has 0 bridgehead atoms. The maximum Gasteiger partial charge on any atom is 0.325 e. The van der Waals surface area contributed by atoms with Gasteiger partial charge >= 0.3 is 11.7 Å². The van der Waals surface area contributed by atoms with E-state index in [2.05, 4.69) is 15.3 Å². The van der Waals surface area contributed by atoms with Crippen molar-refractivity contribution in [2.45, 2.75) is 63.3 Å². The van der Waals surface area contributed by atoms with E-state index < -0.39 is 11.2 Å². The van der Waals surface area contributed by atoms with Crippen LogP contribution in [0, 0.1) is 0 Å². The summed E-state index contributed by atoms with van der Waals surface area (Å²) in [5.74, 6) is 0.0167. The fourth-order valence-electron chi connectivity index (χ4n) is 3.77. The molecule has 24 heavy (non-hydrogen) atoms. The first-order chi connectivity index (χ1) is 11.6.